The molecule has 158 valence electrons. The smallest absolute Gasteiger partial charge is 0.323 e. The maximum Gasteiger partial charge on any atom is 0.323 e. The molecule has 2 aliphatic heterocycles. The van der Waals surface area contributed by atoms with E-state index in [4.69, 9.17) is 9.72 Å². The number of ether oxygens (including phenoxy) is 1. The molecule has 4 aromatic rings. The van der Waals surface area contributed by atoms with Gasteiger partial charge in [0.05, 0.1) is 40.8 Å². The molecule has 1 spiro atoms. The highest BCUT2D eigenvalue weighted by Gasteiger charge is 2.50. The number of hydrogen-bond donors (Lipinski definition) is 1. The molecule has 0 unspecified atom stereocenters. The number of nitrogens with zero attached hydrogens (tertiary/aromatic N) is 5. The van der Waals surface area contributed by atoms with Gasteiger partial charge in [-0.3, -0.25) is 5.32 Å². The summed E-state index contributed by atoms with van der Waals surface area (Å²) in [5.41, 5.74) is 4.09. The number of hydrogen-bond acceptors (Lipinski definition) is 6. The van der Waals surface area contributed by atoms with Crippen molar-refractivity contribution >= 4 is 28.1 Å². The van der Waals surface area contributed by atoms with Crippen LogP contribution in [0.5, 0.6) is 0 Å². The lowest BCUT2D eigenvalue weighted by Crippen LogP contribution is -2.67. The molecule has 0 aliphatic carbocycles. The van der Waals surface area contributed by atoms with E-state index in [1.165, 1.54) is 11.3 Å². The summed E-state index contributed by atoms with van der Waals surface area (Å²) < 4.78 is 7.24. The minimum atomic E-state index is -0.148. The summed E-state index contributed by atoms with van der Waals surface area (Å²) in [7, 11) is 0. The molecule has 2 aliphatic rings. The first-order valence-corrected chi connectivity index (χ1v) is 11.0. The number of fused-ring (bicyclic) bond motifs is 1. The molecule has 8 nitrogen and oxygen atoms in total. The molecule has 0 saturated carbocycles. The number of likely N-dealkylation sites (tertiary alicyclic amines) is 1. The Labute approximate surface area is 187 Å². The molecule has 0 radical (unpaired) electrons. The predicted molar refractivity (Wildman–Crippen MR) is 120 cm³/mol. The van der Waals surface area contributed by atoms with E-state index in [1.807, 2.05) is 47.1 Å². The van der Waals surface area contributed by atoms with Crippen molar-refractivity contribution in [3.05, 3.63) is 60.6 Å². The Balaban J connectivity index is 1.36. The van der Waals surface area contributed by atoms with E-state index >= 15 is 0 Å². The number of nitriles is 1. The number of carbonyl (C=O) groups excluding carboxylic acids is 1. The van der Waals surface area contributed by atoms with Crippen LogP contribution in [-0.4, -0.2) is 51.6 Å². The number of pyridine rings is 1. The SMILES string of the molecule is N#Cc1cccc(-c2nc(NC(=O)N3CC4(COC4)C3)sc2-c2ccc3nccn3c2)c1. The van der Waals surface area contributed by atoms with Crippen LogP contribution in [0.3, 0.4) is 0 Å². The Hall–Kier alpha value is -3.74. The predicted octanol–water partition coefficient (Wildman–Crippen LogP) is 3.86. The Morgan fingerprint density at radius 3 is 2.88 bits per heavy atom. The molecule has 0 bridgehead atoms. The number of anilines is 1. The van der Waals surface area contributed by atoms with Gasteiger partial charge in [-0.1, -0.05) is 23.5 Å². The lowest BCUT2D eigenvalue weighted by atomic mass is 9.78. The summed E-state index contributed by atoms with van der Waals surface area (Å²) in [6, 6.07) is 13.3. The van der Waals surface area contributed by atoms with Gasteiger partial charge in [-0.2, -0.15) is 5.26 Å². The lowest BCUT2D eigenvalue weighted by molar-refractivity contribution is -0.174. The van der Waals surface area contributed by atoms with Gasteiger partial charge in [0.1, 0.15) is 5.65 Å². The third-order valence-corrected chi connectivity index (χ3v) is 6.93. The first-order valence-electron chi connectivity index (χ1n) is 10.2. The average Bonchev–Trinajstić information content (AvgIpc) is 3.38. The van der Waals surface area contributed by atoms with E-state index in [1.54, 1.807) is 17.2 Å². The maximum atomic E-state index is 12.7. The summed E-state index contributed by atoms with van der Waals surface area (Å²) >= 11 is 1.42. The quantitative estimate of drug-likeness (QED) is 0.520. The molecule has 2 saturated heterocycles. The molecule has 5 heterocycles. The van der Waals surface area contributed by atoms with Gasteiger partial charge < -0.3 is 14.0 Å². The number of amides is 2. The van der Waals surface area contributed by atoms with Crippen molar-refractivity contribution in [2.75, 3.05) is 31.6 Å². The van der Waals surface area contributed by atoms with Gasteiger partial charge in [-0.25, -0.2) is 14.8 Å². The number of carbonyl (C=O) groups is 1. The fourth-order valence-electron chi connectivity index (χ4n) is 4.21. The Morgan fingerprint density at radius 2 is 2.09 bits per heavy atom. The van der Waals surface area contributed by atoms with E-state index in [0.717, 1.165) is 40.6 Å². The van der Waals surface area contributed by atoms with Gasteiger partial charge in [-0.15, -0.1) is 0 Å². The van der Waals surface area contributed by atoms with Gasteiger partial charge in [0.15, 0.2) is 5.13 Å². The second kappa shape index (κ2) is 7.15. The topological polar surface area (TPSA) is 95.5 Å². The van der Waals surface area contributed by atoms with Crippen LogP contribution in [-0.2, 0) is 4.74 Å². The van der Waals surface area contributed by atoms with Crippen LogP contribution in [0.4, 0.5) is 9.93 Å². The van der Waals surface area contributed by atoms with Crippen molar-refractivity contribution < 1.29 is 9.53 Å². The van der Waals surface area contributed by atoms with Gasteiger partial charge in [0, 0.05) is 42.8 Å². The second-order valence-corrected chi connectivity index (χ2v) is 9.28. The standard InChI is InChI=1S/C23H18N6O2S/c24-9-15-2-1-3-16(8-15)19-20(17-4-5-18-25-6-7-28(18)10-17)32-21(26-19)27-22(30)29-11-23(12-29)13-31-14-23/h1-8,10H,11-14H2,(H,26,27,30). The molecular formula is C23H18N6O2S. The summed E-state index contributed by atoms with van der Waals surface area (Å²) in [6.07, 6.45) is 5.64. The first kappa shape index (κ1) is 19.0. The van der Waals surface area contributed by atoms with Crippen LogP contribution in [0, 0.1) is 16.7 Å². The van der Waals surface area contributed by atoms with Crippen LogP contribution in [0.1, 0.15) is 5.56 Å². The summed E-state index contributed by atoms with van der Waals surface area (Å²) in [5, 5.41) is 12.8. The molecule has 2 fully saturated rings. The van der Waals surface area contributed by atoms with Crippen molar-refractivity contribution in [3.63, 3.8) is 0 Å². The van der Waals surface area contributed by atoms with Crippen LogP contribution >= 0.6 is 11.3 Å². The van der Waals surface area contributed by atoms with E-state index in [-0.39, 0.29) is 11.4 Å². The van der Waals surface area contributed by atoms with E-state index in [2.05, 4.69) is 16.4 Å². The fraction of sp³-hybridized carbons (Fsp3) is 0.217. The summed E-state index contributed by atoms with van der Waals surface area (Å²) in [6.45, 7) is 2.89. The van der Waals surface area contributed by atoms with Crippen molar-refractivity contribution in [3.8, 4) is 27.8 Å². The Bertz CT molecular complexity index is 1390. The number of imidazole rings is 1. The minimum Gasteiger partial charge on any atom is -0.380 e. The Kier molecular flexibility index (Phi) is 4.24. The average molecular weight is 443 g/mol. The molecule has 2 amide bonds. The minimum absolute atomic E-state index is 0.148. The van der Waals surface area contributed by atoms with Crippen LogP contribution < -0.4 is 5.32 Å². The lowest BCUT2D eigenvalue weighted by Gasteiger charge is -2.54. The summed E-state index contributed by atoms with van der Waals surface area (Å²) in [4.78, 5) is 24.5. The van der Waals surface area contributed by atoms with E-state index < -0.39 is 0 Å². The van der Waals surface area contributed by atoms with Gasteiger partial charge in [0.25, 0.3) is 0 Å². The van der Waals surface area contributed by atoms with Gasteiger partial charge in [-0.05, 0) is 24.3 Å². The van der Waals surface area contributed by atoms with Gasteiger partial charge in [0.2, 0.25) is 0 Å². The molecule has 1 aromatic carbocycles. The molecular weight excluding hydrogens is 424 g/mol. The zero-order chi connectivity index (χ0) is 21.7. The third kappa shape index (κ3) is 3.12. The number of nitrogens with one attached hydrogen (secondary N) is 1. The van der Waals surface area contributed by atoms with Crippen molar-refractivity contribution in [1.29, 1.82) is 5.26 Å². The van der Waals surface area contributed by atoms with Crippen LogP contribution in [0.15, 0.2) is 55.0 Å². The highest BCUT2D eigenvalue weighted by Crippen LogP contribution is 2.41. The molecule has 0 atom stereocenters. The summed E-state index contributed by atoms with van der Waals surface area (Å²) in [5.74, 6) is 0. The van der Waals surface area contributed by atoms with Gasteiger partial charge >= 0.3 is 6.03 Å². The van der Waals surface area contributed by atoms with Crippen molar-refractivity contribution in [2.45, 2.75) is 0 Å². The highest BCUT2D eigenvalue weighted by atomic mass is 32.1. The molecule has 32 heavy (non-hydrogen) atoms. The van der Waals surface area contributed by atoms with Crippen LogP contribution in [0.25, 0.3) is 27.3 Å². The third-order valence-electron chi connectivity index (χ3n) is 5.91. The zero-order valence-electron chi connectivity index (χ0n) is 17.0. The Morgan fingerprint density at radius 1 is 1.22 bits per heavy atom. The number of rotatable bonds is 3. The monoisotopic (exact) mass is 442 g/mol. The molecule has 1 N–H and O–H groups in total. The zero-order valence-corrected chi connectivity index (χ0v) is 17.8. The number of aromatic nitrogens is 3. The van der Waals surface area contributed by atoms with Crippen molar-refractivity contribution in [2.24, 2.45) is 5.41 Å². The molecule has 3 aromatic heterocycles. The molecule has 6 rings (SSSR count). The number of thiazole rings is 1. The maximum absolute atomic E-state index is 12.7. The number of benzene rings is 1. The number of urea groups is 1. The van der Waals surface area contributed by atoms with E-state index in [9.17, 15) is 10.1 Å². The van der Waals surface area contributed by atoms with E-state index in [0.29, 0.717) is 23.8 Å². The normalized spacial score (nSPS) is 16.4. The highest BCUT2D eigenvalue weighted by molar-refractivity contribution is 7.19. The fourth-order valence-corrected chi connectivity index (χ4v) is 5.17. The largest absolute Gasteiger partial charge is 0.380 e. The van der Waals surface area contributed by atoms with Crippen LogP contribution in [0.2, 0.25) is 0 Å². The first-order chi connectivity index (χ1) is 15.6. The van der Waals surface area contributed by atoms with Crippen molar-refractivity contribution in [1.82, 2.24) is 19.3 Å². The molecule has 9 heteroatoms. The second-order valence-electron chi connectivity index (χ2n) is 8.28.